The molecule has 88 valence electrons. The number of benzene rings is 1. The van der Waals surface area contributed by atoms with Crippen LogP contribution in [-0.4, -0.2) is 13.2 Å². The van der Waals surface area contributed by atoms with E-state index in [0.717, 1.165) is 24.3 Å². The van der Waals surface area contributed by atoms with Gasteiger partial charge in [-0.25, -0.2) is 0 Å². The molecule has 0 atom stereocenters. The van der Waals surface area contributed by atoms with Gasteiger partial charge in [0.05, 0.1) is 21.8 Å². The van der Waals surface area contributed by atoms with E-state index in [1.54, 1.807) is 6.07 Å². The molecule has 0 heterocycles. The Morgan fingerprint density at radius 3 is 2.50 bits per heavy atom. The second kappa shape index (κ2) is 5.15. The van der Waals surface area contributed by atoms with Gasteiger partial charge in [-0.2, -0.15) is 0 Å². The van der Waals surface area contributed by atoms with Crippen molar-refractivity contribution in [1.82, 2.24) is 0 Å². The Balaban J connectivity index is 2.18. The van der Waals surface area contributed by atoms with Gasteiger partial charge in [0.2, 0.25) is 0 Å². The third-order valence-electron chi connectivity index (χ3n) is 2.89. The largest absolute Gasteiger partial charge is 0.489 e. The first-order valence-electron chi connectivity index (χ1n) is 5.54. The van der Waals surface area contributed by atoms with E-state index in [2.05, 4.69) is 5.32 Å². The van der Waals surface area contributed by atoms with E-state index in [1.165, 1.54) is 12.8 Å². The van der Waals surface area contributed by atoms with Crippen LogP contribution in [0.3, 0.4) is 0 Å². The van der Waals surface area contributed by atoms with Crippen LogP contribution in [0.5, 0.6) is 5.75 Å². The lowest BCUT2D eigenvalue weighted by Crippen LogP contribution is -2.11. The Hall–Kier alpha value is -0.600. The number of halogens is 2. The predicted octanol–water partition coefficient (Wildman–Crippen LogP) is 4.36. The molecule has 4 heteroatoms. The third-order valence-corrected chi connectivity index (χ3v) is 3.49. The van der Waals surface area contributed by atoms with E-state index in [4.69, 9.17) is 27.9 Å². The Morgan fingerprint density at radius 1 is 1.19 bits per heavy atom. The van der Waals surface area contributed by atoms with Crippen molar-refractivity contribution < 1.29 is 4.74 Å². The summed E-state index contributed by atoms with van der Waals surface area (Å²) in [5.74, 6) is 0.724. The van der Waals surface area contributed by atoms with Gasteiger partial charge >= 0.3 is 0 Å². The predicted molar refractivity (Wildman–Crippen MR) is 68.9 cm³/mol. The molecule has 1 fully saturated rings. The number of anilines is 1. The fourth-order valence-corrected chi connectivity index (χ4v) is 2.52. The van der Waals surface area contributed by atoms with Crippen LogP contribution in [0.1, 0.15) is 25.7 Å². The maximum atomic E-state index is 6.10. The third kappa shape index (κ3) is 2.55. The number of hydrogen-bond donors (Lipinski definition) is 1. The zero-order chi connectivity index (χ0) is 11.5. The highest BCUT2D eigenvalue weighted by molar-refractivity contribution is 6.37. The van der Waals surface area contributed by atoms with Gasteiger partial charge in [0.25, 0.3) is 0 Å². The molecule has 0 saturated heterocycles. The van der Waals surface area contributed by atoms with Crippen LogP contribution in [0, 0.1) is 0 Å². The molecule has 2 rings (SSSR count). The van der Waals surface area contributed by atoms with Gasteiger partial charge in [-0.3, -0.25) is 0 Å². The smallest absolute Gasteiger partial charge is 0.140 e. The lowest BCUT2D eigenvalue weighted by atomic mass is 10.2. The van der Waals surface area contributed by atoms with Gasteiger partial charge in [0.15, 0.2) is 0 Å². The molecule has 1 saturated carbocycles. The molecule has 0 aromatic heterocycles. The first kappa shape index (κ1) is 11.9. The Labute approximate surface area is 106 Å². The van der Waals surface area contributed by atoms with Gasteiger partial charge < -0.3 is 10.1 Å². The molecule has 1 aromatic carbocycles. The Morgan fingerprint density at radius 2 is 1.88 bits per heavy atom. The van der Waals surface area contributed by atoms with Crippen LogP contribution in [0.25, 0.3) is 0 Å². The molecule has 1 aliphatic carbocycles. The summed E-state index contributed by atoms with van der Waals surface area (Å²) in [7, 11) is 1.83. The summed E-state index contributed by atoms with van der Waals surface area (Å²) in [4.78, 5) is 0. The summed E-state index contributed by atoms with van der Waals surface area (Å²) in [5, 5.41) is 4.21. The van der Waals surface area contributed by atoms with Crippen molar-refractivity contribution in [2.24, 2.45) is 0 Å². The van der Waals surface area contributed by atoms with Crippen molar-refractivity contribution in [3.05, 3.63) is 22.2 Å². The van der Waals surface area contributed by atoms with Crippen molar-refractivity contribution in [2.75, 3.05) is 12.4 Å². The second-order valence-corrected chi connectivity index (χ2v) is 4.85. The number of hydrogen-bond acceptors (Lipinski definition) is 2. The molecule has 0 spiro atoms. The van der Waals surface area contributed by atoms with E-state index >= 15 is 0 Å². The molecule has 0 radical (unpaired) electrons. The number of ether oxygens (including phenoxy) is 1. The van der Waals surface area contributed by atoms with Crippen molar-refractivity contribution in [3.8, 4) is 5.75 Å². The van der Waals surface area contributed by atoms with Crippen molar-refractivity contribution >= 4 is 28.9 Å². The maximum absolute atomic E-state index is 6.10. The van der Waals surface area contributed by atoms with E-state index in [0.29, 0.717) is 16.1 Å². The van der Waals surface area contributed by atoms with Crippen molar-refractivity contribution in [3.63, 3.8) is 0 Å². The minimum Gasteiger partial charge on any atom is -0.489 e. The van der Waals surface area contributed by atoms with Crippen LogP contribution in [0.2, 0.25) is 10.0 Å². The van der Waals surface area contributed by atoms with Crippen LogP contribution < -0.4 is 10.1 Å². The second-order valence-electron chi connectivity index (χ2n) is 4.04. The lowest BCUT2D eigenvalue weighted by molar-refractivity contribution is 0.210. The van der Waals surface area contributed by atoms with Crippen molar-refractivity contribution in [1.29, 1.82) is 0 Å². The fraction of sp³-hybridized carbons (Fsp3) is 0.500. The summed E-state index contributed by atoms with van der Waals surface area (Å²) >= 11 is 12.1. The van der Waals surface area contributed by atoms with E-state index in [9.17, 15) is 0 Å². The average molecular weight is 260 g/mol. The monoisotopic (exact) mass is 259 g/mol. The van der Waals surface area contributed by atoms with Crippen LogP contribution in [0.15, 0.2) is 12.1 Å². The average Bonchev–Trinajstić information content (AvgIpc) is 2.75. The first-order valence-corrected chi connectivity index (χ1v) is 6.29. The van der Waals surface area contributed by atoms with Gasteiger partial charge in [0, 0.05) is 13.1 Å². The molecule has 1 aliphatic rings. The Kier molecular flexibility index (Phi) is 3.82. The highest BCUT2D eigenvalue weighted by Gasteiger charge is 2.18. The van der Waals surface area contributed by atoms with Crippen molar-refractivity contribution in [2.45, 2.75) is 31.8 Å². The summed E-state index contributed by atoms with van der Waals surface area (Å²) in [6.45, 7) is 0. The summed E-state index contributed by atoms with van der Waals surface area (Å²) in [6, 6.07) is 3.59. The summed E-state index contributed by atoms with van der Waals surface area (Å²) in [5.41, 5.74) is 0.846. The maximum Gasteiger partial charge on any atom is 0.140 e. The molecule has 0 unspecified atom stereocenters. The fourth-order valence-electron chi connectivity index (χ4n) is 2.00. The molecule has 2 nitrogen and oxygen atoms in total. The molecule has 1 N–H and O–H groups in total. The molecular formula is C12H15Cl2NO. The zero-order valence-corrected chi connectivity index (χ0v) is 10.7. The molecule has 0 bridgehead atoms. The Bertz CT molecular complexity index is 376. The summed E-state index contributed by atoms with van der Waals surface area (Å²) < 4.78 is 5.87. The standard InChI is InChI=1S/C12H15Cl2NO/c1-15-11-7-12(10(14)6-9(11)13)16-8-4-2-3-5-8/h6-8,15H,2-5H2,1H3. The van der Waals surface area contributed by atoms with Gasteiger partial charge in [0.1, 0.15) is 5.75 Å². The SMILES string of the molecule is CNc1cc(OC2CCCC2)c(Cl)cc1Cl. The molecule has 0 amide bonds. The topological polar surface area (TPSA) is 21.3 Å². The highest BCUT2D eigenvalue weighted by atomic mass is 35.5. The lowest BCUT2D eigenvalue weighted by Gasteiger charge is -2.16. The van der Waals surface area contributed by atoms with E-state index in [-0.39, 0.29) is 0 Å². The summed E-state index contributed by atoms with van der Waals surface area (Å²) in [6.07, 6.45) is 5.04. The molecule has 16 heavy (non-hydrogen) atoms. The van der Waals surface area contributed by atoms with Crippen LogP contribution in [0.4, 0.5) is 5.69 Å². The normalized spacial score (nSPS) is 16.4. The minimum atomic E-state index is 0.309. The highest BCUT2D eigenvalue weighted by Crippen LogP contribution is 2.36. The molecular weight excluding hydrogens is 245 g/mol. The van der Waals surface area contributed by atoms with E-state index < -0.39 is 0 Å². The minimum absolute atomic E-state index is 0.309. The van der Waals surface area contributed by atoms with Gasteiger partial charge in [-0.05, 0) is 31.7 Å². The van der Waals surface area contributed by atoms with Gasteiger partial charge in [-0.15, -0.1) is 0 Å². The quantitative estimate of drug-likeness (QED) is 0.871. The number of nitrogens with one attached hydrogen (secondary N) is 1. The number of rotatable bonds is 3. The van der Waals surface area contributed by atoms with Gasteiger partial charge in [-0.1, -0.05) is 23.2 Å². The molecule has 1 aromatic rings. The van der Waals surface area contributed by atoms with Crippen LogP contribution >= 0.6 is 23.2 Å². The first-order chi connectivity index (χ1) is 7.70. The van der Waals surface area contributed by atoms with E-state index in [1.807, 2.05) is 13.1 Å². The van der Waals surface area contributed by atoms with Crippen LogP contribution in [-0.2, 0) is 0 Å². The molecule has 0 aliphatic heterocycles. The zero-order valence-electron chi connectivity index (χ0n) is 9.22.